The number of sulfonamides is 1. The number of carbonyl (C=O) groups is 2. The Kier molecular flexibility index (Phi) is 10.2. The fraction of sp³-hybridized carbons (Fsp3) is 0.462. The highest BCUT2D eigenvalue weighted by molar-refractivity contribution is 7.92. The van der Waals surface area contributed by atoms with Crippen molar-refractivity contribution >= 4 is 39.1 Å². The summed E-state index contributed by atoms with van der Waals surface area (Å²) in [7, 11) is -3.81. The third-order valence-corrected chi connectivity index (χ3v) is 7.58. The maximum Gasteiger partial charge on any atom is 0.244 e. The standard InChI is InChI=1S/C26H36ClN3O4S/c1-7-19(4)28-26(32)23(8-2)29(16-21-14-12-18(3)13-15-21)25(31)17-30(35(6,33)34)24-11-9-10-22(27)20(24)5/h9-15,19,23H,7-8,16-17H2,1-6H3,(H,28,32)/t19-,23-/m1/s1. The van der Waals surface area contributed by atoms with Crippen LogP contribution in [0.4, 0.5) is 5.69 Å². The van der Waals surface area contributed by atoms with Gasteiger partial charge >= 0.3 is 0 Å². The van der Waals surface area contributed by atoms with Crippen molar-refractivity contribution in [1.29, 1.82) is 0 Å². The minimum absolute atomic E-state index is 0.0468. The van der Waals surface area contributed by atoms with E-state index < -0.39 is 28.5 Å². The van der Waals surface area contributed by atoms with Gasteiger partial charge in [-0.15, -0.1) is 0 Å². The van der Waals surface area contributed by atoms with Crippen LogP contribution in [-0.4, -0.2) is 50.0 Å². The zero-order valence-electron chi connectivity index (χ0n) is 21.3. The predicted octanol–water partition coefficient (Wildman–Crippen LogP) is 4.44. The van der Waals surface area contributed by atoms with Crippen molar-refractivity contribution in [1.82, 2.24) is 10.2 Å². The molecule has 192 valence electrons. The summed E-state index contributed by atoms with van der Waals surface area (Å²) in [6.07, 6.45) is 2.19. The Morgan fingerprint density at radius 2 is 1.66 bits per heavy atom. The lowest BCUT2D eigenvalue weighted by Gasteiger charge is -2.33. The van der Waals surface area contributed by atoms with Gasteiger partial charge in [-0.25, -0.2) is 8.42 Å². The molecule has 0 heterocycles. The van der Waals surface area contributed by atoms with E-state index in [1.807, 2.05) is 52.0 Å². The lowest BCUT2D eigenvalue weighted by Crippen LogP contribution is -2.53. The monoisotopic (exact) mass is 521 g/mol. The molecule has 2 aromatic rings. The smallest absolute Gasteiger partial charge is 0.244 e. The number of anilines is 1. The van der Waals surface area contributed by atoms with E-state index >= 15 is 0 Å². The molecule has 0 unspecified atom stereocenters. The van der Waals surface area contributed by atoms with E-state index in [-0.39, 0.29) is 18.5 Å². The van der Waals surface area contributed by atoms with Crippen molar-refractivity contribution in [3.8, 4) is 0 Å². The number of hydrogen-bond donors (Lipinski definition) is 1. The zero-order valence-corrected chi connectivity index (χ0v) is 22.9. The molecule has 2 amide bonds. The molecular weight excluding hydrogens is 486 g/mol. The summed E-state index contributed by atoms with van der Waals surface area (Å²) < 4.78 is 26.5. The van der Waals surface area contributed by atoms with E-state index in [0.29, 0.717) is 22.7 Å². The molecule has 0 bridgehead atoms. The molecular formula is C26H36ClN3O4S. The molecule has 0 radical (unpaired) electrons. The van der Waals surface area contributed by atoms with E-state index in [4.69, 9.17) is 11.6 Å². The Hall–Kier alpha value is -2.58. The van der Waals surface area contributed by atoms with Crippen LogP contribution in [0.1, 0.15) is 50.3 Å². The minimum Gasteiger partial charge on any atom is -0.352 e. The Morgan fingerprint density at radius 3 is 2.20 bits per heavy atom. The molecule has 1 N–H and O–H groups in total. The first-order valence-corrected chi connectivity index (χ1v) is 14.0. The van der Waals surface area contributed by atoms with Crippen molar-refractivity contribution < 1.29 is 18.0 Å². The molecule has 0 saturated heterocycles. The van der Waals surface area contributed by atoms with E-state index in [2.05, 4.69) is 5.32 Å². The zero-order chi connectivity index (χ0) is 26.3. The number of carbonyl (C=O) groups excluding carboxylic acids is 2. The second-order valence-electron chi connectivity index (χ2n) is 8.90. The predicted molar refractivity (Wildman–Crippen MR) is 142 cm³/mol. The van der Waals surface area contributed by atoms with Gasteiger partial charge in [-0.3, -0.25) is 13.9 Å². The Balaban J connectivity index is 2.47. The van der Waals surface area contributed by atoms with Crippen LogP contribution in [0, 0.1) is 13.8 Å². The summed E-state index contributed by atoms with van der Waals surface area (Å²) in [5.74, 6) is -0.728. The summed E-state index contributed by atoms with van der Waals surface area (Å²) >= 11 is 6.23. The summed E-state index contributed by atoms with van der Waals surface area (Å²) in [5, 5.41) is 3.36. The largest absolute Gasteiger partial charge is 0.352 e. The van der Waals surface area contributed by atoms with Gasteiger partial charge in [0.15, 0.2) is 0 Å². The van der Waals surface area contributed by atoms with Crippen molar-refractivity contribution in [2.75, 3.05) is 17.1 Å². The number of aryl methyl sites for hydroxylation is 1. The molecule has 0 aliphatic heterocycles. The van der Waals surface area contributed by atoms with Gasteiger partial charge in [0.05, 0.1) is 11.9 Å². The third-order valence-electron chi connectivity index (χ3n) is 6.05. The topological polar surface area (TPSA) is 86.8 Å². The Morgan fingerprint density at radius 1 is 1.03 bits per heavy atom. The van der Waals surface area contributed by atoms with Gasteiger partial charge in [0.1, 0.15) is 12.6 Å². The molecule has 2 rings (SSSR count). The Bertz CT molecular complexity index is 1140. The van der Waals surface area contributed by atoms with Gasteiger partial charge in [0.25, 0.3) is 0 Å². The van der Waals surface area contributed by atoms with Crippen molar-refractivity contribution in [2.24, 2.45) is 0 Å². The van der Waals surface area contributed by atoms with E-state index in [1.54, 1.807) is 25.1 Å². The lowest BCUT2D eigenvalue weighted by molar-refractivity contribution is -0.140. The summed E-state index contributed by atoms with van der Waals surface area (Å²) in [5.41, 5.74) is 2.82. The second kappa shape index (κ2) is 12.4. The molecule has 0 aliphatic carbocycles. The molecule has 2 aromatic carbocycles. The van der Waals surface area contributed by atoms with Gasteiger partial charge in [-0.05, 0) is 56.9 Å². The van der Waals surface area contributed by atoms with Gasteiger partial charge in [0.2, 0.25) is 21.8 Å². The van der Waals surface area contributed by atoms with Crippen molar-refractivity contribution in [3.05, 3.63) is 64.2 Å². The quantitative estimate of drug-likeness (QED) is 0.473. The van der Waals surface area contributed by atoms with E-state index in [0.717, 1.165) is 28.1 Å². The van der Waals surface area contributed by atoms with E-state index in [9.17, 15) is 18.0 Å². The van der Waals surface area contributed by atoms with Gasteiger partial charge in [-0.1, -0.05) is 61.3 Å². The van der Waals surface area contributed by atoms with Crippen molar-refractivity contribution in [3.63, 3.8) is 0 Å². The normalized spacial score (nSPS) is 13.1. The fourth-order valence-corrected chi connectivity index (χ4v) is 4.78. The highest BCUT2D eigenvalue weighted by Gasteiger charge is 2.32. The second-order valence-corrected chi connectivity index (χ2v) is 11.2. The highest BCUT2D eigenvalue weighted by atomic mass is 35.5. The maximum atomic E-state index is 13.7. The lowest BCUT2D eigenvalue weighted by atomic mass is 10.1. The highest BCUT2D eigenvalue weighted by Crippen LogP contribution is 2.28. The maximum absolute atomic E-state index is 13.7. The number of hydrogen-bond acceptors (Lipinski definition) is 4. The molecule has 7 nitrogen and oxygen atoms in total. The number of amides is 2. The molecule has 35 heavy (non-hydrogen) atoms. The molecule has 0 saturated carbocycles. The van der Waals surface area contributed by atoms with Crippen LogP contribution < -0.4 is 9.62 Å². The third kappa shape index (κ3) is 7.70. The number of benzene rings is 2. The van der Waals surface area contributed by atoms with Crippen LogP contribution in [0.5, 0.6) is 0 Å². The first-order chi connectivity index (χ1) is 16.4. The van der Waals surface area contributed by atoms with Gasteiger partial charge in [0, 0.05) is 17.6 Å². The van der Waals surface area contributed by atoms with Crippen LogP contribution in [0.2, 0.25) is 5.02 Å². The van der Waals surface area contributed by atoms with Gasteiger partial charge in [-0.2, -0.15) is 0 Å². The van der Waals surface area contributed by atoms with Crippen molar-refractivity contribution in [2.45, 2.75) is 66.1 Å². The summed E-state index contributed by atoms with van der Waals surface area (Å²) in [6, 6.07) is 11.8. The van der Waals surface area contributed by atoms with Crippen LogP contribution >= 0.6 is 11.6 Å². The molecule has 0 fully saturated rings. The summed E-state index contributed by atoms with van der Waals surface area (Å²) in [4.78, 5) is 28.3. The van der Waals surface area contributed by atoms with E-state index in [1.165, 1.54) is 4.90 Å². The molecule has 0 aromatic heterocycles. The fourth-order valence-electron chi connectivity index (χ4n) is 3.71. The number of nitrogens with zero attached hydrogens (tertiary/aromatic N) is 2. The average Bonchev–Trinajstić information content (AvgIpc) is 2.79. The number of rotatable bonds is 11. The average molecular weight is 522 g/mol. The number of halogens is 1. The minimum atomic E-state index is -3.81. The molecule has 0 spiro atoms. The Labute approximate surface area is 214 Å². The SMILES string of the molecule is CC[C@@H](C)NC(=O)[C@@H](CC)N(Cc1ccc(C)cc1)C(=O)CN(c1cccc(Cl)c1C)S(C)(=O)=O. The molecule has 0 aliphatic rings. The van der Waals surface area contributed by atoms with Gasteiger partial charge < -0.3 is 10.2 Å². The summed E-state index contributed by atoms with van der Waals surface area (Å²) in [6.45, 7) is 9.13. The van der Waals surface area contributed by atoms with Crippen LogP contribution in [0.15, 0.2) is 42.5 Å². The molecule has 9 heteroatoms. The first-order valence-electron chi connectivity index (χ1n) is 11.8. The molecule has 2 atom stereocenters. The van der Waals surface area contributed by atoms with Crippen LogP contribution in [0.3, 0.4) is 0 Å². The first kappa shape index (κ1) is 28.7. The number of nitrogens with one attached hydrogen (secondary N) is 1. The van der Waals surface area contributed by atoms with Crippen LogP contribution in [0.25, 0.3) is 0 Å². The van der Waals surface area contributed by atoms with Crippen LogP contribution in [-0.2, 0) is 26.2 Å².